The molecule has 0 fully saturated rings. The summed E-state index contributed by atoms with van der Waals surface area (Å²) in [5.74, 6) is 0. The fraction of sp³-hybridized carbons (Fsp3) is 1.00. The third kappa shape index (κ3) is 8.55. The summed E-state index contributed by atoms with van der Waals surface area (Å²) >= 11 is 0. The van der Waals surface area contributed by atoms with Crippen LogP contribution in [0.3, 0.4) is 0 Å². The minimum atomic E-state index is 1.22. The topological polar surface area (TPSA) is 0 Å². The summed E-state index contributed by atoms with van der Waals surface area (Å²) in [5.41, 5.74) is 0. The van der Waals surface area contributed by atoms with Crippen molar-refractivity contribution in [1.82, 2.24) is 0 Å². The Morgan fingerprint density at radius 2 is 1.14 bits per heavy atom. The molecule has 0 unspecified atom stereocenters. The van der Waals surface area contributed by atoms with Crippen LogP contribution in [0.15, 0.2) is 0 Å². The van der Waals surface area contributed by atoms with Gasteiger partial charge in [0, 0.05) is 0 Å². The first-order valence-electron chi connectivity index (χ1n) is 6.44. The summed E-state index contributed by atoms with van der Waals surface area (Å²) in [6.07, 6.45) is 9.76. The van der Waals surface area contributed by atoms with Gasteiger partial charge < -0.3 is 4.48 Å². The van der Waals surface area contributed by atoms with Gasteiger partial charge in [-0.2, -0.15) is 0 Å². The zero-order valence-corrected chi connectivity index (χ0v) is 10.8. The molecule has 0 aromatic carbocycles. The van der Waals surface area contributed by atoms with Gasteiger partial charge in [0.15, 0.2) is 0 Å². The summed E-state index contributed by atoms with van der Waals surface area (Å²) in [7, 11) is 4.74. The Hall–Kier alpha value is -0.0400. The van der Waals surface area contributed by atoms with Crippen LogP contribution in [0.25, 0.3) is 0 Å². The van der Waals surface area contributed by atoms with Gasteiger partial charge in [-0.3, -0.25) is 0 Å². The SMILES string of the molecule is CCCCCCC[N+](C)(C)CCCC. The Morgan fingerprint density at radius 3 is 1.71 bits per heavy atom. The zero-order valence-electron chi connectivity index (χ0n) is 10.8. The molecule has 0 amide bonds. The lowest BCUT2D eigenvalue weighted by atomic mass is 10.1. The van der Waals surface area contributed by atoms with Gasteiger partial charge in [-0.15, -0.1) is 0 Å². The minimum absolute atomic E-state index is 1.22. The molecule has 0 aliphatic rings. The van der Waals surface area contributed by atoms with E-state index in [0.29, 0.717) is 0 Å². The molecule has 0 atom stereocenters. The first kappa shape index (κ1) is 14.0. The molecule has 86 valence electrons. The lowest BCUT2D eigenvalue weighted by Crippen LogP contribution is -2.41. The molecule has 0 aliphatic heterocycles. The third-order valence-electron chi connectivity index (χ3n) is 2.98. The van der Waals surface area contributed by atoms with Crippen molar-refractivity contribution in [2.45, 2.75) is 58.8 Å². The predicted octanol–water partition coefficient (Wildman–Crippen LogP) is 3.83. The van der Waals surface area contributed by atoms with Crippen LogP contribution in [-0.2, 0) is 0 Å². The largest absolute Gasteiger partial charge is 0.328 e. The average Bonchev–Trinajstić information content (AvgIpc) is 2.15. The Balaban J connectivity index is 3.35. The summed E-state index contributed by atoms with van der Waals surface area (Å²) in [5, 5.41) is 0. The van der Waals surface area contributed by atoms with E-state index in [9.17, 15) is 0 Å². The number of rotatable bonds is 9. The van der Waals surface area contributed by atoms with E-state index in [-0.39, 0.29) is 0 Å². The molecule has 14 heavy (non-hydrogen) atoms. The van der Waals surface area contributed by atoms with Crippen molar-refractivity contribution in [2.24, 2.45) is 0 Å². The monoisotopic (exact) mass is 200 g/mol. The molecule has 0 heterocycles. The first-order chi connectivity index (χ1) is 6.62. The molecule has 0 radical (unpaired) electrons. The second-order valence-corrected chi connectivity index (χ2v) is 5.15. The van der Waals surface area contributed by atoms with Crippen molar-refractivity contribution in [1.29, 1.82) is 0 Å². The average molecular weight is 200 g/mol. The highest BCUT2D eigenvalue weighted by atomic mass is 15.3. The van der Waals surface area contributed by atoms with Crippen LogP contribution >= 0.6 is 0 Å². The standard InChI is InChI=1S/C13H30N/c1-5-7-9-10-11-13-14(3,4)12-8-6-2/h5-13H2,1-4H3/q+1. The predicted molar refractivity (Wildman–Crippen MR) is 65.5 cm³/mol. The number of quaternary nitrogens is 1. The number of hydrogen-bond acceptors (Lipinski definition) is 0. The van der Waals surface area contributed by atoms with Gasteiger partial charge in [0.05, 0.1) is 27.2 Å². The van der Waals surface area contributed by atoms with E-state index >= 15 is 0 Å². The fourth-order valence-electron chi connectivity index (χ4n) is 1.84. The van der Waals surface area contributed by atoms with Crippen molar-refractivity contribution >= 4 is 0 Å². The lowest BCUT2D eigenvalue weighted by Gasteiger charge is -2.29. The molecule has 0 aromatic heterocycles. The van der Waals surface area contributed by atoms with Gasteiger partial charge in [0.25, 0.3) is 0 Å². The normalized spacial score (nSPS) is 12.0. The van der Waals surface area contributed by atoms with Crippen LogP contribution < -0.4 is 0 Å². The quantitative estimate of drug-likeness (QED) is 0.392. The molecule has 0 saturated carbocycles. The van der Waals surface area contributed by atoms with Crippen molar-refractivity contribution in [3.8, 4) is 0 Å². The molecule has 0 aliphatic carbocycles. The highest BCUT2D eigenvalue weighted by molar-refractivity contribution is 4.43. The van der Waals surface area contributed by atoms with E-state index in [1.54, 1.807) is 0 Å². The maximum Gasteiger partial charge on any atom is 0.0782 e. The van der Waals surface area contributed by atoms with Crippen molar-refractivity contribution in [3.05, 3.63) is 0 Å². The van der Waals surface area contributed by atoms with Crippen LogP contribution in [0.1, 0.15) is 58.8 Å². The van der Waals surface area contributed by atoms with Crippen molar-refractivity contribution in [2.75, 3.05) is 27.2 Å². The highest BCUT2D eigenvalue weighted by Gasteiger charge is 2.12. The van der Waals surface area contributed by atoms with Crippen LogP contribution in [0.2, 0.25) is 0 Å². The Kier molecular flexibility index (Phi) is 8.26. The van der Waals surface area contributed by atoms with Crippen LogP contribution in [0.5, 0.6) is 0 Å². The van der Waals surface area contributed by atoms with Crippen LogP contribution in [0.4, 0.5) is 0 Å². The maximum atomic E-state index is 2.37. The number of hydrogen-bond donors (Lipinski definition) is 0. The summed E-state index contributed by atoms with van der Waals surface area (Å²) in [6.45, 7) is 7.27. The van der Waals surface area contributed by atoms with E-state index in [2.05, 4.69) is 27.9 Å². The summed E-state index contributed by atoms with van der Waals surface area (Å²) < 4.78 is 1.22. The van der Waals surface area contributed by atoms with Gasteiger partial charge in [-0.05, 0) is 19.3 Å². The second-order valence-electron chi connectivity index (χ2n) is 5.15. The molecule has 0 rings (SSSR count). The Bertz CT molecular complexity index is 118. The third-order valence-corrected chi connectivity index (χ3v) is 2.98. The highest BCUT2D eigenvalue weighted by Crippen LogP contribution is 2.08. The molecule has 1 heteroatoms. The number of unbranched alkanes of at least 4 members (excludes halogenated alkanes) is 5. The van der Waals surface area contributed by atoms with E-state index in [0.717, 1.165) is 0 Å². The second kappa shape index (κ2) is 8.28. The van der Waals surface area contributed by atoms with Crippen LogP contribution in [-0.4, -0.2) is 31.7 Å². The minimum Gasteiger partial charge on any atom is -0.328 e. The van der Waals surface area contributed by atoms with E-state index in [4.69, 9.17) is 0 Å². The first-order valence-corrected chi connectivity index (χ1v) is 6.44. The molecule has 0 bridgehead atoms. The molecular formula is C13H30N+. The molecule has 0 aromatic rings. The number of nitrogens with zero attached hydrogens (tertiary/aromatic N) is 1. The fourth-order valence-corrected chi connectivity index (χ4v) is 1.84. The Morgan fingerprint density at radius 1 is 0.643 bits per heavy atom. The van der Waals surface area contributed by atoms with Crippen molar-refractivity contribution in [3.63, 3.8) is 0 Å². The summed E-state index contributed by atoms with van der Waals surface area (Å²) in [6, 6.07) is 0. The zero-order chi connectivity index (χ0) is 10.9. The Labute approximate surface area is 91.1 Å². The van der Waals surface area contributed by atoms with Crippen molar-refractivity contribution < 1.29 is 4.48 Å². The maximum absolute atomic E-state index is 2.37. The van der Waals surface area contributed by atoms with Gasteiger partial charge in [-0.1, -0.05) is 39.5 Å². The van der Waals surface area contributed by atoms with E-state index in [1.807, 2.05) is 0 Å². The van der Waals surface area contributed by atoms with Gasteiger partial charge in [-0.25, -0.2) is 0 Å². The van der Waals surface area contributed by atoms with E-state index in [1.165, 1.54) is 62.5 Å². The smallest absolute Gasteiger partial charge is 0.0782 e. The van der Waals surface area contributed by atoms with Gasteiger partial charge in [0.1, 0.15) is 0 Å². The molecule has 0 spiro atoms. The summed E-state index contributed by atoms with van der Waals surface area (Å²) in [4.78, 5) is 0. The molecule has 0 N–H and O–H groups in total. The molecular weight excluding hydrogens is 170 g/mol. The van der Waals surface area contributed by atoms with Crippen LogP contribution in [0, 0.1) is 0 Å². The lowest BCUT2D eigenvalue weighted by molar-refractivity contribution is -0.890. The van der Waals surface area contributed by atoms with Gasteiger partial charge >= 0.3 is 0 Å². The molecule has 0 saturated heterocycles. The van der Waals surface area contributed by atoms with Gasteiger partial charge in [0.2, 0.25) is 0 Å². The molecule has 1 nitrogen and oxygen atoms in total. The van der Waals surface area contributed by atoms with E-state index < -0.39 is 0 Å².